The molecule has 0 amide bonds. The number of anilines is 2. The van der Waals surface area contributed by atoms with Gasteiger partial charge in [-0.05, 0) is 36.4 Å². The van der Waals surface area contributed by atoms with Crippen LogP contribution in [0.2, 0.25) is 0 Å². The normalized spacial score (nSPS) is 11.6. The third-order valence-corrected chi connectivity index (χ3v) is 4.76. The van der Waals surface area contributed by atoms with Gasteiger partial charge in [-0.3, -0.25) is 4.84 Å². The summed E-state index contributed by atoms with van der Waals surface area (Å²) in [6, 6.07) is 9.22. The van der Waals surface area contributed by atoms with Gasteiger partial charge in [0.2, 0.25) is 11.8 Å². The van der Waals surface area contributed by atoms with Crippen molar-refractivity contribution in [1.82, 2.24) is 4.98 Å². The first-order valence-corrected chi connectivity index (χ1v) is 9.51. The zero-order chi connectivity index (χ0) is 19.6. The zero-order valence-corrected chi connectivity index (χ0v) is 14.9. The number of benzene rings is 2. The van der Waals surface area contributed by atoms with E-state index in [1.165, 1.54) is 30.3 Å². The van der Waals surface area contributed by atoms with E-state index >= 15 is 0 Å². The van der Waals surface area contributed by atoms with Gasteiger partial charge in [-0.25, -0.2) is 28.1 Å². The maximum absolute atomic E-state index is 14.0. The minimum atomic E-state index is -3.33. The van der Waals surface area contributed by atoms with Gasteiger partial charge in [-0.1, -0.05) is 6.07 Å². The maximum Gasteiger partial charge on any atom is 0.235 e. The van der Waals surface area contributed by atoms with Crippen LogP contribution < -0.4 is 11.2 Å². The van der Waals surface area contributed by atoms with Crippen molar-refractivity contribution < 1.29 is 26.5 Å². The van der Waals surface area contributed by atoms with E-state index in [9.17, 15) is 17.2 Å². The summed E-state index contributed by atoms with van der Waals surface area (Å²) < 4.78 is 56.4. The number of hydrogen-bond donors (Lipinski definition) is 2. The second-order valence-corrected chi connectivity index (χ2v) is 7.64. The zero-order valence-electron chi connectivity index (χ0n) is 14.1. The lowest BCUT2D eigenvalue weighted by atomic mass is 10.2. The molecule has 0 aliphatic carbocycles. The third-order valence-electron chi connectivity index (χ3n) is 3.63. The van der Waals surface area contributed by atoms with Crippen molar-refractivity contribution in [3.8, 4) is 11.5 Å². The number of hydrogen-bond acceptors (Lipinski definition) is 7. The summed E-state index contributed by atoms with van der Waals surface area (Å²) in [4.78, 5) is 8.73. The predicted octanol–water partition coefficient (Wildman–Crippen LogP) is 3.16. The van der Waals surface area contributed by atoms with Gasteiger partial charge in [-0.2, -0.15) is 0 Å². The Kier molecular flexibility index (Phi) is 5.22. The molecule has 0 atom stereocenters. The molecule has 3 N–H and O–H groups in total. The van der Waals surface area contributed by atoms with Crippen molar-refractivity contribution in [2.75, 3.05) is 11.6 Å². The largest absolute Gasteiger partial charge is 0.420 e. The van der Waals surface area contributed by atoms with Crippen LogP contribution in [0.4, 0.5) is 20.4 Å². The van der Waals surface area contributed by atoms with Crippen LogP contribution in [-0.4, -0.2) is 19.7 Å². The monoisotopic (exact) mass is 395 g/mol. The fraction of sp³-hybridized carbons (Fsp3) is 0.118. The second-order valence-electron chi connectivity index (χ2n) is 5.62. The van der Waals surface area contributed by atoms with Crippen molar-refractivity contribution in [3.05, 3.63) is 59.8 Å². The van der Waals surface area contributed by atoms with Crippen LogP contribution in [0.1, 0.15) is 5.69 Å². The van der Waals surface area contributed by atoms with Crippen molar-refractivity contribution >= 4 is 21.4 Å². The first-order valence-electron chi connectivity index (χ1n) is 7.62. The SMILES string of the molecule is CS(=O)(=O)c1ccc(Nc2oc(-c3c(F)cccc3F)nc2CON)cc1. The van der Waals surface area contributed by atoms with Crippen molar-refractivity contribution in [1.29, 1.82) is 0 Å². The van der Waals surface area contributed by atoms with Crippen LogP contribution in [0.5, 0.6) is 0 Å². The molecule has 3 aromatic rings. The molecule has 0 saturated carbocycles. The Morgan fingerprint density at radius 2 is 1.78 bits per heavy atom. The van der Waals surface area contributed by atoms with Crippen molar-refractivity contribution in [3.63, 3.8) is 0 Å². The Morgan fingerprint density at radius 3 is 2.33 bits per heavy atom. The van der Waals surface area contributed by atoms with Crippen LogP contribution in [0.15, 0.2) is 51.8 Å². The predicted molar refractivity (Wildman–Crippen MR) is 93.7 cm³/mol. The summed E-state index contributed by atoms with van der Waals surface area (Å²) >= 11 is 0. The highest BCUT2D eigenvalue weighted by atomic mass is 32.2. The van der Waals surface area contributed by atoms with Gasteiger partial charge in [0.1, 0.15) is 29.5 Å². The molecule has 0 bridgehead atoms. The van der Waals surface area contributed by atoms with Crippen molar-refractivity contribution in [2.45, 2.75) is 11.5 Å². The van der Waals surface area contributed by atoms with Gasteiger partial charge >= 0.3 is 0 Å². The lowest BCUT2D eigenvalue weighted by Crippen LogP contribution is -2.02. The number of oxazole rings is 1. The van der Waals surface area contributed by atoms with E-state index in [1.807, 2.05) is 0 Å². The minimum absolute atomic E-state index is 0.0604. The number of nitrogens with zero attached hydrogens (tertiary/aromatic N) is 1. The second kappa shape index (κ2) is 7.43. The van der Waals surface area contributed by atoms with Gasteiger partial charge < -0.3 is 9.73 Å². The molecule has 0 spiro atoms. The minimum Gasteiger partial charge on any atom is -0.420 e. The number of nitrogens with two attached hydrogens (primary N) is 1. The summed E-state index contributed by atoms with van der Waals surface area (Å²) in [6.07, 6.45) is 1.10. The van der Waals surface area contributed by atoms with Crippen molar-refractivity contribution in [2.24, 2.45) is 5.90 Å². The number of halogens is 2. The highest BCUT2D eigenvalue weighted by molar-refractivity contribution is 7.90. The molecule has 0 aliphatic rings. The highest BCUT2D eigenvalue weighted by Gasteiger charge is 2.21. The van der Waals surface area contributed by atoms with E-state index in [0.717, 1.165) is 18.4 Å². The number of rotatable bonds is 6. The summed E-state index contributed by atoms with van der Waals surface area (Å²) in [5.41, 5.74) is 0.232. The summed E-state index contributed by atoms with van der Waals surface area (Å²) in [7, 11) is -3.33. The average molecular weight is 395 g/mol. The number of nitrogens with one attached hydrogen (secondary N) is 1. The molecular weight excluding hydrogens is 380 g/mol. The van der Waals surface area contributed by atoms with E-state index in [2.05, 4.69) is 15.1 Å². The summed E-state index contributed by atoms with van der Waals surface area (Å²) in [6.45, 7) is -0.177. The quantitative estimate of drug-likeness (QED) is 0.617. The average Bonchev–Trinajstić information content (AvgIpc) is 2.97. The van der Waals surface area contributed by atoms with Gasteiger partial charge in [0.05, 0.1) is 4.90 Å². The Morgan fingerprint density at radius 1 is 1.15 bits per heavy atom. The standard InChI is InChI=1S/C17H15F2N3O4S/c1-27(23,24)11-7-5-10(6-8-11)21-16-14(9-25-20)22-17(26-16)15-12(18)3-2-4-13(15)19/h2-8,21H,9,20H2,1H3. The Hall–Kier alpha value is -2.82. The molecule has 0 radical (unpaired) electrons. The first kappa shape index (κ1) is 19.0. The molecule has 27 heavy (non-hydrogen) atoms. The van der Waals surface area contributed by atoms with E-state index in [0.29, 0.717) is 5.69 Å². The fourth-order valence-corrected chi connectivity index (χ4v) is 2.98. The van der Waals surface area contributed by atoms with Crippen LogP contribution in [0.3, 0.4) is 0 Å². The molecule has 0 aliphatic heterocycles. The lowest BCUT2D eigenvalue weighted by molar-refractivity contribution is 0.122. The van der Waals surface area contributed by atoms with Gasteiger partial charge in [0.25, 0.3) is 0 Å². The summed E-state index contributed by atoms with van der Waals surface area (Å²) in [5.74, 6) is 3.18. The Labute approximate surface area is 153 Å². The third kappa shape index (κ3) is 4.13. The Bertz CT molecular complexity index is 1050. The van der Waals surface area contributed by atoms with E-state index in [-0.39, 0.29) is 29.0 Å². The molecule has 3 rings (SSSR count). The van der Waals surface area contributed by atoms with Gasteiger partial charge in [0.15, 0.2) is 9.84 Å². The smallest absolute Gasteiger partial charge is 0.235 e. The van der Waals surface area contributed by atoms with E-state index in [1.54, 1.807) is 0 Å². The molecule has 0 saturated heterocycles. The molecule has 1 heterocycles. The molecule has 2 aromatic carbocycles. The van der Waals surface area contributed by atoms with Crippen LogP contribution in [-0.2, 0) is 21.3 Å². The van der Waals surface area contributed by atoms with Gasteiger partial charge in [0, 0.05) is 11.9 Å². The van der Waals surface area contributed by atoms with E-state index < -0.39 is 27.0 Å². The molecule has 7 nitrogen and oxygen atoms in total. The summed E-state index contributed by atoms with van der Waals surface area (Å²) in [5, 5.41) is 2.86. The van der Waals surface area contributed by atoms with Crippen LogP contribution >= 0.6 is 0 Å². The maximum atomic E-state index is 14.0. The molecule has 0 unspecified atom stereocenters. The molecule has 0 fully saturated rings. The molecule has 142 valence electrons. The van der Waals surface area contributed by atoms with Crippen LogP contribution in [0.25, 0.3) is 11.5 Å². The topological polar surface area (TPSA) is 107 Å². The first-order chi connectivity index (χ1) is 12.8. The van der Waals surface area contributed by atoms with Crippen LogP contribution in [0, 0.1) is 11.6 Å². The Balaban J connectivity index is 1.97. The molecule has 1 aromatic heterocycles. The fourth-order valence-electron chi connectivity index (χ4n) is 2.35. The molecular formula is C17H15F2N3O4S. The van der Waals surface area contributed by atoms with Gasteiger partial charge in [-0.15, -0.1) is 0 Å². The number of aromatic nitrogens is 1. The molecule has 10 heteroatoms. The number of sulfone groups is 1. The lowest BCUT2D eigenvalue weighted by Gasteiger charge is -2.05. The highest BCUT2D eigenvalue weighted by Crippen LogP contribution is 2.31. The van der Waals surface area contributed by atoms with E-state index in [4.69, 9.17) is 10.3 Å².